The molecule has 0 bridgehead atoms. The average Bonchev–Trinajstić information content (AvgIpc) is 2.15. The van der Waals surface area contributed by atoms with E-state index in [1.165, 1.54) is 12.2 Å². The number of aliphatic hydroxyl groups excluding tert-OH is 1. The van der Waals surface area contributed by atoms with Crippen LogP contribution in [0, 0.1) is 0 Å². The van der Waals surface area contributed by atoms with Gasteiger partial charge in [-0.25, -0.2) is 0 Å². The summed E-state index contributed by atoms with van der Waals surface area (Å²) in [5.74, 6) is 0. The van der Waals surface area contributed by atoms with Crippen molar-refractivity contribution in [3.05, 3.63) is 48.0 Å². The molecule has 1 N–H and O–H groups in total. The van der Waals surface area contributed by atoms with Crippen LogP contribution in [0.25, 0.3) is 0 Å². The van der Waals surface area contributed by atoms with Gasteiger partial charge in [-0.3, -0.25) is 4.79 Å². The number of rotatable bonds is 3. The van der Waals surface area contributed by atoms with Crippen LogP contribution in [0.2, 0.25) is 0 Å². The van der Waals surface area contributed by atoms with E-state index >= 15 is 0 Å². The van der Waals surface area contributed by atoms with Gasteiger partial charge in [0.1, 0.15) is 6.29 Å². The molecule has 0 amide bonds. The van der Waals surface area contributed by atoms with Crippen LogP contribution in [0.1, 0.15) is 11.7 Å². The monoisotopic (exact) mass is 162 g/mol. The van der Waals surface area contributed by atoms with Crippen LogP contribution in [0.4, 0.5) is 0 Å². The summed E-state index contributed by atoms with van der Waals surface area (Å²) in [4.78, 5) is 9.94. The minimum Gasteiger partial charge on any atom is -0.384 e. The molecule has 0 aliphatic carbocycles. The van der Waals surface area contributed by atoms with Crippen molar-refractivity contribution in [1.29, 1.82) is 0 Å². The van der Waals surface area contributed by atoms with Crippen molar-refractivity contribution in [2.45, 2.75) is 6.10 Å². The molecule has 0 saturated carbocycles. The van der Waals surface area contributed by atoms with Crippen LogP contribution in [-0.4, -0.2) is 11.4 Å². The Bertz CT molecular complexity index is 264. The highest BCUT2D eigenvalue weighted by Crippen LogP contribution is 2.12. The van der Waals surface area contributed by atoms with E-state index in [0.29, 0.717) is 6.29 Å². The zero-order valence-electron chi connectivity index (χ0n) is 6.55. The predicted octanol–water partition coefficient (Wildman–Crippen LogP) is 1.48. The maximum Gasteiger partial charge on any atom is 0.142 e. The van der Waals surface area contributed by atoms with Crippen molar-refractivity contribution in [3.8, 4) is 0 Å². The third-order valence-electron chi connectivity index (χ3n) is 1.51. The lowest BCUT2D eigenvalue weighted by Gasteiger charge is -2.03. The van der Waals surface area contributed by atoms with Crippen molar-refractivity contribution < 1.29 is 9.90 Å². The number of carbonyl (C=O) groups excluding carboxylic acids is 1. The van der Waals surface area contributed by atoms with E-state index in [1.54, 1.807) is 12.1 Å². The molecule has 1 unspecified atom stereocenters. The molecule has 1 aromatic rings. The molecule has 1 atom stereocenters. The Labute approximate surface area is 71.2 Å². The SMILES string of the molecule is O=C/C=C\C(O)c1ccccc1. The second-order valence-electron chi connectivity index (χ2n) is 2.38. The predicted molar refractivity (Wildman–Crippen MR) is 46.6 cm³/mol. The van der Waals surface area contributed by atoms with Gasteiger partial charge in [0.05, 0.1) is 6.10 Å². The van der Waals surface area contributed by atoms with Crippen molar-refractivity contribution in [3.63, 3.8) is 0 Å². The smallest absolute Gasteiger partial charge is 0.142 e. The van der Waals surface area contributed by atoms with E-state index in [4.69, 9.17) is 0 Å². The fourth-order valence-corrected chi connectivity index (χ4v) is 0.912. The Morgan fingerprint density at radius 3 is 2.50 bits per heavy atom. The largest absolute Gasteiger partial charge is 0.384 e. The van der Waals surface area contributed by atoms with Crippen molar-refractivity contribution in [1.82, 2.24) is 0 Å². The lowest BCUT2D eigenvalue weighted by Crippen LogP contribution is -1.91. The molecule has 0 fully saturated rings. The lowest BCUT2D eigenvalue weighted by atomic mass is 10.1. The fraction of sp³-hybridized carbons (Fsp3) is 0.100. The highest BCUT2D eigenvalue weighted by Gasteiger charge is 1.99. The Kier molecular flexibility index (Phi) is 3.23. The Hall–Kier alpha value is -1.41. The molecular formula is C10H10O2. The highest BCUT2D eigenvalue weighted by molar-refractivity contribution is 5.64. The number of benzene rings is 1. The summed E-state index contributed by atoms with van der Waals surface area (Å²) < 4.78 is 0. The Morgan fingerprint density at radius 2 is 1.92 bits per heavy atom. The summed E-state index contributed by atoms with van der Waals surface area (Å²) in [7, 11) is 0. The Morgan fingerprint density at radius 1 is 1.25 bits per heavy atom. The average molecular weight is 162 g/mol. The topological polar surface area (TPSA) is 37.3 Å². The summed E-state index contributed by atoms with van der Waals surface area (Å²) >= 11 is 0. The van der Waals surface area contributed by atoms with Crippen molar-refractivity contribution in [2.24, 2.45) is 0 Å². The van der Waals surface area contributed by atoms with Gasteiger partial charge >= 0.3 is 0 Å². The van der Waals surface area contributed by atoms with Gasteiger partial charge in [-0.2, -0.15) is 0 Å². The number of carbonyl (C=O) groups is 1. The molecule has 0 aliphatic rings. The van der Waals surface area contributed by atoms with E-state index < -0.39 is 6.10 Å². The van der Waals surface area contributed by atoms with Crippen LogP contribution < -0.4 is 0 Å². The standard InChI is InChI=1S/C10H10O2/c11-8-4-7-10(12)9-5-2-1-3-6-9/h1-8,10,12H/b7-4-. The van der Waals surface area contributed by atoms with Gasteiger partial charge < -0.3 is 5.11 Å². The number of aliphatic hydroxyl groups is 1. The summed E-state index contributed by atoms with van der Waals surface area (Å²) in [6, 6.07) is 9.17. The number of aldehydes is 1. The van der Waals surface area contributed by atoms with Gasteiger partial charge in [-0.05, 0) is 17.7 Å². The quantitative estimate of drug-likeness (QED) is 0.540. The summed E-state index contributed by atoms with van der Waals surface area (Å²) in [5, 5.41) is 9.41. The minimum absolute atomic E-state index is 0.645. The highest BCUT2D eigenvalue weighted by atomic mass is 16.3. The molecule has 0 radical (unpaired) electrons. The van der Waals surface area contributed by atoms with Crippen molar-refractivity contribution >= 4 is 6.29 Å². The number of hydrogen-bond acceptors (Lipinski definition) is 2. The summed E-state index contributed by atoms with van der Waals surface area (Å²) in [6.07, 6.45) is 2.70. The van der Waals surface area contributed by atoms with Gasteiger partial charge in [0.15, 0.2) is 0 Å². The van der Waals surface area contributed by atoms with Gasteiger partial charge in [-0.15, -0.1) is 0 Å². The maximum absolute atomic E-state index is 9.94. The lowest BCUT2D eigenvalue weighted by molar-refractivity contribution is -0.104. The summed E-state index contributed by atoms with van der Waals surface area (Å²) in [6.45, 7) is 0. The van der Waals surface area contributed by atoms with Crippen LogP contribution in [0.3, 0.4) is 0 Å². The zero-order valence-corrected chi connectivity index (χ0v) is 6.55. The first-order chi connectivity index (χ1) is 5.84. The fourth-order valence-electron chi connectivity index (χ4n) is 0.912. The second kappa shape index (κ2) is 4.46. The first kappa shape index (κ1) is 8.68. The summed E-state index contributed by atoms with van der Waals surface area (Å²) in [5.41, 5.74) is 0.788. The van der Waals surface area contributed by atoms with Crippen LogP contribution in [0.15, 0.2) is 42.5 Å². The van der Waals surface area contributed by atoms with Crippen LogP contribution in [0.5, 0.6) is 0 Å². The molecule has 1 rings (SSSR count). The molecule has 0 aromatic heterocycles. The molecule has 0 heterocycles. The van der Waals surface area contributed by atoms with Gasteiger partial charge in [-0.1, -0.05) is 30.3 Å². The molecule has 12 heavy (non-hydrogen) atoms. The zero-order chi connectivity index (χ0) is 8.81. The Balaban J connectivity index is 2.71. The molecule has 0 saturated heterocycles. The van der Waals surface area contributed by atoms with Crippen molar-refractivity contribution in [2.75, 3.05) is 0 Å². The molecule has 62 valence electrons. The molecule has 0 aliphatic heterocycles. The van der Waals surface area contributed by atoms with Crippen LogP contribution >= 0.6 is 0 Å². The van der Waals surface area contributed by atoms with E-state index in [9.17, 15) is 9.90 Å². The van der Waals surface area contributed by atoms with Gasteiger partial charge in [0.25, 0.3) is 0 Å². The molecule has 2 heteroatoms. The molecular weight excluding hydrogens is 152 g/mol. The number of allylic oxidation sites excluding steroid dienone is 1. The third-order valence-corrected chi connectivity index (χ3v) is 1.51. The molecule has 1 aromatic carbocycles. The van der Waals surface area contributed by atoms with E-state index in [1.807, 2.05) is 18.2 Å². The van der Waals surface area contributed by atoms with Crippen LogP contribution in [-0.2, 0) is 4.79 Å². The first-order valence-electron chi connectivity index (χ1n) is 3.69. The second-order valence-corrected chi connectivity index (χ2v) is 2.38. The third kappa shape index (κ3) is 2.32. The molecule has 0 spiro atoms. The van der Waals surface area contributed by atoms with E-state index in [2.05, 4.69) is 0 Å². The number of hydrogen-bond donors (Lipinski definition) is 1. The van der Waals surface area contributed by atoms with E-state index in [-0.39, 0.29) is 0 Å². The molecule has 2 nitrogen and oxygen atoms in total. The van der Waals surface area contributed by atoms with E-state index in [0.717, 1.165) is 5.56 Å². The normalized spacial score (nSPS) is 13.1. The maximum atomic E-state index is 9.94. The van der Waals surface area contributed by atoms with Gasteiger partial charge in [0, 0.05) is 0 Å². The minimum atomic E-state index is -0.684. The van der Waals surface area contributed by atoms with Gasteiger partial charge in [0.2, 0.25) is 0 Å². The first-order valence-corrected chi connectivity index (χ1v) is 3.69.